The monoisotopic (exact) mass is 786 g/mol. The molecule has 1 heterocycles. The van der Waals surface area contributed by atoms with Gasteiger partial charge in [-0.05, 0) is 149 Å². The van der Waals surface area contributed by atoms with Gasteiger partial charge in [-0.25, -0.2) is 0 Å². The maximum atomic E-state index is 2.67. The zero-order valence-corrected chi connectivity index (χ0v) is 35.1. The molecule has 296 valence electrons. The highest BCUT2D eigenvalue weighted by Crippen LogP contribution is 2.69. The van der Waals surface area contributed by atoms with Crippen LogP contribution >= 0.6 is 0 Å². The summed E-state index contributed by atoms with van der Waals surface area (Å²) in [4.78, 5) is 2.55. The van der Waals surface area contributed by atoms with Crippen LogP contribution in [0.1, 0.15) is 68.2 Å². The Hall–Kier alpha value is -6.38. The average molecular weight is 787 g/mol. The summed E-state index contributed by atoms with van der Waals surface area (Å²) in [6, 6.07) is 68.8. The molecule has 14 rings (SSSR count). The van der Waals surface area contributed by atoms with E-state index in [1.807, 2.05) is 0 Å². The van der Waals surface area contributed by atoms with Crippen LogP contribution in [0.3, 0.4) is 0 Å². The standard InChI is InChI=1S/C59H50N2/c1-58(2)51-17-7-8-18-53(51)59(43-33-38-32-39(35-43)36-44(59)34-38)54-37-47(30-31-52(54)58)60(55-21-11-13-42-12-3-4-14-48(42)55)45-26-22-40(23-27-45)41-24-28-46(29-25-41)61-56-19-9-5-15-49(56)50-16-6-10-20-57(50)61/h3-31,37-39,43-44H,32-36H2,1-2H3. The zero-order valence-electron chi connectivity index (χ0n) is 35.1. The van der Waals surface area contributed by atoms with E-state index in [0.717, 1.165) is 11.8 Å². The van der Waals surface area contributed by atoms with Crippen molar-refractivity contribution in [1.29, 1.82) is 0 Å². The van der Waals surface area contributed by atoms with E-state index in [1.165, 1.54) is 104 Å². The first-order chi connectivity index (χ1) is 30.0. The van der Waals surface area contributed by atoms with Gasteiger partial charge in [-0.3, -0.25) is 0 Å². The van der Waals surface area contributed by atoms with Crippen molar-refractivity contribution < 1.29 is 0 Å². The topological polar surface area (TPSA) is 8.17 Å². The van der Waals surface area contributed by atoms with Gasteiger partial charge in [-0.2, -0.15) is 0 Å². The van der Waals surface area contributed by atoms with Gasteiger partial charge in [0.15, 0.2) is 0 Å². The summed E-state index contributed by atoms with van der Waals surface area (Å²) in [6.07, 6.45) is 6.96. The predicted octanol–water partition coefficient (Wildman–Crippen LogP) is 15.5. The third kappa shape index (κ3) is 5.03. The van der Waals surface area contributed by atoms with Crippen molar-refractivity contribution in [3.8, 4) is 16.8 Å². The molecule has 0 aliphatic heterocycles. The van der Waals surface area contributed by atoms with Gasteiger partial charge in [0, 0.05) is 44.1 Å². The summed E-state index contributed by atoms with van der Waals surface area (Å²) >= 11 is 0. The van der Waals surface area contributed by atoms with Crippen molar-refractivity contribution in [1.82, 2.24) is 4.57 Å². The number of nitrogens with zero attached hydrogens (tertiary/aromatic N) is 2. The molecule has 0 saturated heterocycles. The van der Waals surface area contributed by atoms with Crippen LogP contribution in [0, 0.1) is 23.7 Å². The first-order valence-corrected chi connectivity index (χ1v) is 22.7. The Morgan fingerprint density at radius 1 is 0.443 bits per heavy atom. The molecule has 2 heteroatoms. The molecule has 5 aliphatic carbocycles. The first-order valence-electron chi connectivity index (χ1n) is 22.7. The lowest BCUT2D eigenvalue weighted by Crippen LogP contribution is -2.58. The number of aromatic nitrogens is 1. The minimum atomic E-state index is -0.0760. The van der Waals surface area contributed by atoms with Gasteiger partial charge in [0.05, 0.1) is 16.7 Å². The highest BCUT2D eigenvalue weighted by molar-refractivity contribution is 6.09. The summed E-state index contributed by atoms with van der Waals surface area (Å²) in [5, 5.41) is 5.10. The van der Waals surface area contributed by atoms with E-state index in [9.17, 15) is 0 Å². The summed E-state index contributed by atoms with van der Waals surface area (Å²) in [5.74, 6) is 3.19. The second-order valence-corrected chi connectivity index (χ2v) is 19.4. The van der Waals surface area contributed by atoms with Crippen molar-refractivity contribution in [3.05, 3.63) is 204 Å². The lowest BCUT2D eigenvalue weighted by molar-refractivity contribution is -0.0443. The fourth-order valence-electron chi connectivity index (χ4n) is 13.7. The highest BCUT2D eigenvalue weighted by Gasteiger charge is 2.62. The number of hydrogen-bond acceptors (Lipinski definition) is 1. The minimum absolute atomic E-state index is 0.0601. The Bertz CT molecular complexity index is 3090. The molecular weight excluding hydrogens is 737 g/mol. The second-order valence-electron chi connectivity index (χ2n) is 19.4. The predicted molar refractivity (Wildman–Crippen MR) is 255 cm³/mol. The van der Waals surface area contributed by atoms with Gasteiger partial charge in [-0.15, -0.1) is 0 Å². The molecule has 0 N–H and O–H groups in total. The molecule has 9 aromatic rings. The van der Waals surface area contributed by atoms with Crippen LogP contribution in [0.15, 0.2) is 182 Å². The fourth-order valence-corrected chi connectivity index (χ4v) is 13.7. The molecule has 2 nitrogen and oxygen atoms in total. The lowest BCUT2D eigenvalue weighted by atomic mass is 9.39. The molecule has 0 amide bonds. The zero-order chi connectivity index (χ0) is 40.5. The van der Waals surface area contributed by atoms with Crippen molar-refractivity contribution in [2.24, 2.45) is 23.7 Å². The third-order valence-corrected chi connectivity index (χ3v) is 16.0. The maximum absolute atomic E-state index is 2.67. The van der Waals surface area contributed by atoms with Crippen LogP contribution in [-0.4, -0.2) is 4.57 Å². The van der Waals surface area contributed by atoms with E-state index in [0.29, 0.717) is 11.8 Å². The summed E-state index contributed by atoms with van der Waals surface area (Å²) in [6.45, 7) is 4.95. The number of benzene rings is 8. The molecule has 0 radical (unpaired) electrons. The van der Waals surface area contributed by atoms with Gasteiger partial charge in [0.25, 0.3) is 0 Å². The van der Waals surface area contributed by atoms with Gasteiger partial charge < -0.3 is 9.47 Å². The van der Waals surface area contributed by atoms with E-state index in [2.05, 4.69) is 205 Å². The SMILES string of the molecule is CC1(C)c2ccccc2C2(c3cc(N(c4ccc(-c5ccc(-n6c7ccccc7c7ccccc76)cc5)cc4)c4cccc5ccccc45)ccc31)C1CC3CC(C1)CC2C3. The van der Waals surface area contributed by atoms with Crippen LogP contribution in [0.5, 0.6) is 0 Å². The fraction of sp³-hybridized carbons (Fsp3) is 0.220. The van der Waals surface area contributed by atoms with E-state index in [4.69, 9.17) is 0 Å². The number of fused-ring (bicyclic) bond motifs is 6. The highest BCUT2D eigenvalue weighted by atomic mass is 15.1. The molecule has 0 unspecified atom stereocenters. The number of rotatable bonds is 5. The van der Waals surface area contributed by atoms with Gasteiger partial charge in [-0.1, -0.05) is 141 Å². The van der Waals surface area contributed by atoms with Crippen molar-refractivity contribution in [2.45, 2.75) is 56.8 Å². The van der Waals surface area contributed by atoms with E-state index in [-0.39, 0.29) is 10.8 Å². The summed E-state index contributed by atoms with van der Waals surface area (Å²) < 4.78 is 2.39. The van der Waals surface area contributed by atoms with E-state index in [1.54, 1.807) is 16.7 Å². The van der Waals surface area contributed by atoms with Gasteiger partial charge >= 0.3 is 0 Å². The lowest BCUT2D eigenvalue weighted by Gasteiger charge is -2.64. The largest absolute Gasteiger partial charge is 0.310 e. The van der Waals surface area contributed by atoms with Crippen LogP contribution in [0.4, 0.5) is 17.1 Å². The second kappa shape index (κ2) is 13.1. The number of hydrogen-bond donors (Lipinski definition) is 0. The smallest absolute Gasteiger partial charge is 0.0541 e. The molecule has 4 fully saturated rings. The van der Waals surface area contributed by atoms with Gasteiger partial charge in [0.2, 0.25) is 0 Å². The van der Waals surface area contributed by atoms with E-state index >= 15 is 0 Å². The molecule has 1 spiro atoms. The molecule has 5 aliphatic rings. The molecule has 1 aromatic heterocycles. The van der Waals surface area contributed by atoms with Crippen LogP contribution < -0.4 is 4.90 Å². The molecule has 4 bridgehead atoms. The van der Waals surface area contributed by atoms with Crippen molar-refractivity contribution >= 4 is 49.6 Å². The summed E-state index contributed by atoms with van der Waals surface area (Å²) in [7, 11) is 0. The average Bonchev–Trinajstić information content (AvgIpc) is 3.64. The third-order valence-electron chi connectivity index (χ3n) is 16.0. The Balaban J connectivity index is 0.944. The molecule has 0 atom stereocenters. The number of anilines is 3. The minimum Gasteiger partial charge on any atom is -0.310 e. The maximum Gasteiger partial charge on any atom is 0.0541 e. The normalized spacial score (nSPS) is 23.1. The van der Waals surface area contributed by atoms with E-state index < -0.39 is 0 Å². The Morgan fingerprint density at radius 3 is 1.64 bits per heavy atom. The Morgan fingerprint density at radius 2 is 0.967 bits per heavy atom. The summed E-state index contributed by atoms with van der Waals surface area (Å²) in [5.41, 5.74) is 16.0. The molecular formula is C59H50N2. The van der Waals surface area contributed by atoms with Gasteiger partial charge in [0.1, 0.15) is 0 Å². The molecule has 4 saturated carbocycles. The van der Waals surface area contributed by atoms with Crippen molar-refractivity contribution in [2.75, 3.05) is 4.90 Å². The molecule has 61 heavy (non-hydrogen) atoms. The Labute approximate surface area is 359 Å². The van der Waals surface area contributed by atoms with Crippen LogP contribution in [0.2, 0.25) is 0 Å². The van der Waals surface area contributed by atoms with Crippen LogP contribution in [-0.2, 0) is 10.8 Å². The molecule has 8 aromatic carbocycles. The first kappa shape index (κ1) is 35.4. The number of para-hydroxylation sites is 2. The quantitative estimate of drug-likeness (QED) is 0.169. The Kier molecular flexibility index (Phi) is 7.58. The van der Waals surface area contributed by atoms with Crippen molar-refractivity contribution in [3.63, 3.8) is 0 Å². The van der Waals surface area contributed by atoms with Crippen LogP contribution in [0.25, 0.3) is 49.4 Å².